The van der Waals surface area contributed by atoms with E-state index in [0.717, 1.165) is 4.90 Å². The van der Waals surface area contributed by atoms with Gasteiger partial charge >= 0.3 is 5.97 Å². The number of imide groups is 1. The van der Waals surface area contributed by atoms with E-state index in [1.165, 1.54) is 14.0 Å². The minimum absolute atomic E-state index is 0.0347. The molecular formula is C24H26N2O7. The fraction of sp³-hybridized carbons (Fsp3) is 0.333. The van der Waals surface area contributed by atoms with Gasteiger partial charge in [0, 0.05) is 12.5 Å². The number of nitrogens with zero attached hydrogens (tertiary/aromatic N) is 2. The van der Waals surface area contributed by atoms with Gasteiger partial charge in [0.2, 0.25) is 0 Å². The number of carbonyl (C=O) groups excluding carboxylic acids is 3. The van der Waals surface area contributed by atoms with E-state index in [1.54, 1.807) is 37.3 Å². The molecule has 33 heavy (non-hydrogen) atoms. The molecule has 1 aliphatic rings. The summed E-state index contributed by atoms with van der Waals surface area (Å²) in [5, 5.41) is 9.50. The molecule has 1 aromatic rings. The molecule has 0 N–H and O–H groups in total. The van der Waals surface area contributed by atoms with Gasteiger partial charge in [0.1, 0.15) is 24.9 Å². The van der Waals surface area contributed by atoms with Gasteiger partial charge in [-0.3, -0.25) is 19.3 Å². The lowest BCUT2D eigenvalue weighted by atomic mass is 9.93. The predicted octanol–water partition coefficient (Wildman–Crippen LogP) is 2.43. The van der Waals surface area contributed by atoms with Crippen LogP contribution in [0.15, 0.2) is 47.6 Å². The van der Waals surface area contributed by atoms with Crippen molar-refractivity contribution in [3.8, 4) is 17.6 Å². The first-order chi connectivity index (χ1) is 15.8. The summed E-state index contributed by atoms with van der Waals surface area (Å²) in [6.45, 7) is 6.94. The fourth-order valence-corrected chi connectivity index (χ4v) is 3.04. The average molecular weight is 454 g/mol. The third-order valence-electron chi connectivity index (χ3n) is 4.67. The van der Waals surface area contributed by atoms with Gasteiger partial charge in [0.15, 0.2) is 11.5 Å². The summed E-state index contributed by atoms with van der Waals surface area (Å²) in [6, 6.07) is 7.02. The smallest absolute Gasteiger partial charge is 0.302 e. The average Bonchev–Trinajstić information content (AvgIpc) is 2.79. The fourth-order valence-electron chi connectivity index (χ4n) is 3.04. The number of carbonyl (C=O) groups is 3. The van der Waals surface area contributed by atoms with Crippen LogP contribution in [0.4, 0.5) is 0 Å². The van der Waals surface area contributed by atoms with E-state index in [2.05, 4.69) is 6.58 Å². The molecule has 0 bridgehead atoms. The maximum atomic E-state index is 13.1. The molecule has 9 heteroatoms. The summed E-state index contributed by atoms with van der Waals surface area (Å²) < 4.78 is 21.0. The topological polar surface area (TPSA) is 115 Å². The van der Waals surface area contributed by atoms with Crippen molar-refractivity contribution in [1.82, 2.24) is 4.90 Å². The van der Waals surface area contributed by atoms with Gasteiger partial charge < -0.3 is 18.9 Å². The molecule has 0 fully saturated rings. The van der Waals surface area contributed by atoms with Gasteiger partial charge in [-0.1, -0.05) is 18.7 Å². The first kappa shape index (κ1) is 25.4. The number of nitriles is 1. The quantitative estimate of drug-likeness (QED) is 0.165. The minimum Gasteiger partial charge on any atom is -0.493 e. The lowest BCUT2D eigenvalue weighted by molar-refractivity contribution is -0.142. The van der Waals surface area contributed by atoms with Crippen LogP contribution in [0.3, 0.4) is 0 Å². The highest BCUT2D eigenvalue weighted by atomic mass is 16.6. The van der Waals surface area contributed by atoms with Crippen LogP contribution in [0.25, 0.3) is 6.08 Å². The molecule has 0 atom stereocenters. The third kappa shape index (κ3) is 6.54. The van der Waals surface area contributed by atoms with Crippen molar-refractivity contribution in [3.05, 3.63) is 53.1 Å². The van der Waals surface area contributed by atoms with E-state index >= 15 is 0 Å². The monoisotopic (exact) mass is 454 g/mol. The second-order valence-electron chi connectivity index (χ2n) is 6.89. The van der Waals surface area contributed by atoms with Crippen LogP contribution in [0.1, 0.15) is 19.4 Å². The summed E-state index contributed by atoms with van der Waals surface area (Å²) in [5.41, 5.74) is 1.03. The van der Waals surface area contributed by atoms with Crippen molar-refractivity contribution in [1.29, 1.82) is 5.26 Å². The molecule has 0 saturated carbocycles. The van der Waals surface area contributed by atoms with E-state index in [9.17, 15) is 19.6 Å². The Bertz CT molecular complexity index is 1030. The van der Waals surface area contributed by atoms with Crippen LogP contribution < -0.4 is 9.47 Å². The Kier molecular flexibility index (Phi) is 9.39. The molecule has 0 aromatic heterocycles. The van der Waals surface area contributed by atoms with Crippen molar-refractivity contribution >= 4 is 23.9 Å². The lowest BCUT2D eigenvalue weighted by Crippen LogP contribution is -2.44. The number of methoxy groups -OCH3 is 1. The molecule has 9 nitrogen and oxygen atoms in total. The molecule has 1 aromatic carbocycles. The molecule has 0 aliphatic carbocycles. The van der Waals surface area contributed by atoms with E-state index < -0.39 is 17.8 Å². The van der Waals surface area contributed by atoms with Gasteiger partial charge in [-0.25, -0.2) is 0 Å². The van der Waals surface area contributed by atoms with E-state index in [1.807, 2.05) is 6.07 Å². The zero-order valence-electron chi connectivity index (χ0n) is 18.9. The van der Waals surface area contributed by atoms with Crippen LogP contribution in [0, 0.1) is 11.3 Å². The molecule has 0 spiro atoms. The Morgan fingerprint density at radius 1 is 1.18 bits per heavy atom. The maximum absolute atomic E-state index is 13.1. The molecule has 0 unspecified atom stereocenters. The molecule has 174 valence electrons. The number of hydrogen-bond acceptors (Lipinski definition) is 8. The van der Waals surface area contributed by atoms with Crippen molar-refractivity contribution in [2.45, 2.75) is 13.8 Å². The Morgan fingerprint density at radius 3 is 2.58 bits per heavy atom. The highest BCUT2D eigenvalue weighted by molar-refractivity contribution is 6.19. The molecule has 2 amide bonds. The number of esters is 1. The minimum atomic E-state index is -0.675. The SMILES string of the molecule is C=CCOc1ccc(/C=C2/C(=O)N(CCOCCOC(C)=O)C(=O)C(C#N)=C2C)cc1OC. The van der Waals surface area contributed by atoms with Gasteiger partial charge in [0.25, 0.3) is 11.8 Å². The molecular weight excluding hydrogens is 428 g/mol. The van der Waals surface area contributed by atoms with Gasteiger partial charge in [-0.15, -0.1) is 0 Å². The van der Waals surface area contributed by atoms with E-state index in [4.69, 9.17) is 18.9 Å². The van der Waals surface area contributed by atoms with E-state index in [0.29, 0.717) is 29.2 Å². The normalized spacial score (nSPS) is 14.8. The van der Waals surface area contributed by atoms with Crippen LogP contribution in [-0.2, 0) is 23.9 Å². The largest absolute Gasteiger partial charge is 0.493 e. The first-order valence-corrected chi connectivity index (χ1v) is 10.2. The van der Waals surface area contributed by atoms with Crippen LogP contribution in [0.5, 0.6) is 11.5 Å². The Hall–Kier alpha value is -3.90. The van der Waals surface area contributed by atoms with Gasteiger partial charge in [0.05, 0.1) is 26.9 Å². The highest BCUT2D eigenvalue weighted by Crippen LogP contribution is 2.31. The highest BCUT2D eigenvalue weighted by Gasteiger charge is 2.35. The molecule has 0 saturated heterocycles. The maximum Gasteiger partial charge on any atom is 0.302 e. The Balaban J connectivity index is 2.25. The number of hydrogen-bond donors (Lipinski definition) is 0. The summed E-state index contributed by atoms with van der Waals surface area (Å²) in [4.78, 5) is 37.5. The number of benzene rings is 1. The summed E-state index contributed by atoms with van der Waals surface area (Å²) >= 11 is 0. The van der Waals surface area contributed by atoms with E-state index in [-0.39, 0.29) is 37.5 Å². The number of ether oxygens (including phenoxy) is 4. The van der Waals surface area contributed by atoms with Gasteiger partial charge in [-0.05, 0) is 36.3 Å². The molecule has 1 aliphatic heterocycles. The predicted molar refractivity (Wildman–Crippen MR) is 119 cm³/mol. The lowest BCUT2D eigenvalue weighted by Gasteiger charge is -2.27. The van der Waals surface area contributed by atoms with Crippen LogP contribution >= 0.6 is 0 Å². The zero-order valence-corrected chi connectivity index (χ0v) is 18.9. The van der Waals surface area contributed by atoms with Crippen LogP contribution in [0.2, 0.25) is 0 Å². The van der Waals surface area contributed by atoms with Gasteiger partial charge in [-0.2, -0.15) is 5.26 Å². The Morgan fingerprint density at radius 2 is 1.94 bits per heavy atom. The summed E-state index contributed by atoms with van der Waals surface area (Å²) in [7, 11) is 1.50. The zero-order chi connectivity index (χ0) is 24.4. The molecule has 2 rings (SSSR count). The number of amides is 2. The molecule has 1 heterocycles. The van der Waals surface area contributed by atoms with Crippen molar-refractivity contribution < 1.29 is 33.3 Å². The molecule has 0 radical (unpaired) electrons. The van der Waals surface area contributed by atoms with Crippen molar-refractivity contribution in [2.24, 2.45) is 0 Å². The Labute approximate surface area is 192 Å². The van der Waals surface area contributed by atoms with Crippen molar-refractivity contribution in [3.63, 3.8) is 0 Å². The first-order valence-electron chi connectivity index (χ1n) is 10.2. The standard InChI is InChI=1S/C24H26N2O7/c1-5-9-33-21-7-6-18(14-22(21)30-4)13-19-16(2)20(15-25)24(29)26(23(19)28)8-10-31-11-12-32-17(3)27/h5-7,13-14H,1,8-12H2,2-4H3/b19-13+. The van der Waals surface area contributed by atoms with Crippen molar-refractivity contribution in [2.75, 3.05) is 40.1 Å². The second-order valence-corrected chi connectivity index (χ2v) is 6.89. The third-order valence-corrected chi connectivity index (χ3v) is 4.67. The number of rotatable bonds is 11. The summed E-state index contributed by atoms with van der Waals surface area (Å²) in [5.74, 6) is -0.656. The van der Waals surface area contributed by atoms with Crippen LogP contribution in [-0.4, -0.2) is 62.8 Å². The summed E-state index contributed by atoms with van der Waals surface area (Å²) in [6.07, 6.45) is 3.20. The second kappa shape index (κ2) is 12.2.